The zero-order valence-corrected chi connectivity index (χ0v) is 10.4. The lowest BCUT2D eigenvalue weighted by Crippen LogP contribution is -2.12. The summed E-state index contributed by atoms with van der Waals surface area (Å²) >= 11 is 0. The molecule has 0 unspecified atom stereocenters. The van der Waals surface area contributed by atoms with Crippen molar-refractivity contribution in [2.24, 2.45) is 0 Å². The molecule has 16 heavy (non-hydrogen) atoms. The van der Waals surface area contributed by atoms with Gasteiger partial charge in [0.25, 0.3) is 0 Å². The average Bonchev–Trinajstić information content (AvgIpc) is 2.30. The highest BCUT2D eigenvalue weighted by Crippen LogP contribution is 2.46. The molecule has 0 aliphatic heterocycles. The summed E-state index contributed by atoms with van der Waals surface area (Å²) in [5.74, 6) is 0. The van der Waals surface area contributed by atoms with Crippen molar-refractivity contribution in [3.63, 3.8) is 0 Å². The number of ether oxygens (including phenoxy) is 1. The number of rotatable bonds is 6. The van der Waals surface area contributed by atoms with Gasteiger partial charge in [-0.1, -0.05) is 0 Å². The Morgan fingerprint density at radius 1 is 1.19 bits per heavy atom. The molecule has 0 aliphatic rings. The summed E-state index contributed by atoms with van der Waals surface area (Å²) in [7, 11) is -1.82. The molecule has 90 valence electrons. The van der Waals surface area contributed by atoms with Crippen LogP contribution in [0.5, 0.6) is 6.01 Å². The molecule has 1 rings (SSSR count). The molecular weight excluding hydrogens is 231 g/mol. The third-order valence-corrected chi connectivity index (χ3v) is 3.77. The molecule has 0 fully saturated rings. The molecule has 0 spiro atoms. The van der Waals surface area contributed by atoms with E-state index in [2.05, 4.69) is 9.97 Å². The molecule has 1 aromatic rings. The van der Waals surface area contributed by atoms with Gasteiger partial charge in [0.15, 0.2) is 0 Å². The van der Waals surface area contributed by atoms with Gasteiger partial charge >= 0.3 is 13.6 Å². The van der Waals surface area contributed by atoms with Gasteiger partial charge in [-0.15, -0.1) is 0 Å². The van der Waals surface area contributed by atoms with Gasteiger partial charge in [-0.05, 0) is 13.8 Å². The van der Waals surface area contributed by atoms with Crippen LogP contribution in [0.4, 0.5) is 0 Å². The van der Waals surface area contributed by atoms with Gasteiger partial charge in [0.05, 0.1) is 20.3 Å². The molecule has 7 heteroatoms. The lowest BCUT2D eigenvalue weighted by atomic mass is 10.7. The van der Waals surface area contributed by atoms with Gasteiger partial charge in [0.1, 0.15) is 5.30 Å². The Morgan fingerprint density at radius 3 is 2.06 bits per heavy atom. The zero-order valence-electron chi connectivity index (χ0n) is 9.54. The fourth-order valence-corrected chi connectivity index (χ4v) is 2.53. The largest absolute Gasteiger partial charge is 0.467 e. The minimum Gasteiger partial charge on any atom is -0.467 e. The van der Waals surface area contributed by atoms with Crippen molar-refractivity contribution in [3.8, 4) is 6.01 Å². The molecule has 0 N–H and O–H groups in total. The van der Waals surface area contributed by atoms with Crippen molar-refractivity contribution >= 4 is 12.9 Å². The Bertz CT molecular complexity index is 358. The molecular formula is C9H15N2O4P. The van der Waals surface area contributed by atoms with Crippen LogP contribution in [0, 0.1) is 0 Å². The van der Waals surface area contributed by atoms with E-state index >= 15 is 0 Å². The van der Waals surface area contributed by atoms with Crippen molar-refractivity contribution in [1.29, 1.82) is 0 Å². The van der Waals surface area contributed by atoms with Crippen LogP contribution >= 0.6 is 7.60 Å². The van der Waals surface area contributed by atoms with E-state index in [1.54, 1.807) is 13.8 Å². The van der Waals surface area contributed by atoms with E-state index in [-0.39, 0.29) is 6.01 Å². The van der Waals surface area contributed by atoms with Crippen LogP contribution in [-0.2, 0) is 13.6 Å². The van der Waals surface area contributed by atoms with E-state index in [1.165, 1.54) is 19.5 Å². The summed E-state index contributed by atoms with van der Waals surface area (Å²) in [6, 6.07) is 0.211. The van der Waals surface area contributed by atoms with Gasteiger partial charge in [0.2, 0.25) is 0 Å². The molecule has 6 nitrogen and oxygen atoms in total. The molecule has 0 radical (unpaired) electrons. The number of nitrogens with zero attached hydrogens (tertiary/aromatic N) is 2. The molecule has 0 atom stereocenters. The van der Waals surface area contributed by atoms with Crippen molar-refractivity contribution in [3.05, 3.63) is 12.4 Å². The first-order chi connectivity index (χ1) is 7.66. The summed E-state index contributed by atoms with van der Waals surface area (Å²) in [6.45, 7) is 4.08. The monoisotopic (exact) mass is 246 g/mol. The summed E-state index contributed by atoms with van der Waals surface area (Å²) in [6.07, 6.45) is 2.77. The molecule has 1 heterocycles. The highest BCUT2D eigenvalue weighted by atomic mass is 31.2. The van der Waals surface area contributed by atoms with Crippen LogP contribution in [0.2, 0.25) is 0 Å². The lowest BCUT2D eigenvalue weighted by molar-refractivity contribution is 0.229. The lowest BCUT2D eigenvalue weighted by Gasteiger charge is -2.16. The first-order valence-corrected chi connectivity index (χ1v) is 6.46. The van der Waals surface area contributed by atoms with E-state index in [0.29, 0.717) is 18.5 Å². The first-order valence-electron chi connectivity index (χ1n) is 4.92. The van der Waals surface area contributed by atoms with Gasteiger partial charge < -0.3 is 13.8 Å². The molecule has 0 aromatic carbocycles. The minimum atomic E-state index is -3.28. The zero-order chi connectivity index (χ0) is 12.0. The molecule has 0 saturated carbocycles. The average molecular weight is 246 g/mol. The first kappa shape index (κ1) is 13.1. The third-order valence-electron chi connectivity index (χ3n) is 1.71. The molecule has 0 aliphatic carbocycles. The van der Waals surface area contributed by atoms with Crippen LogP contribution in [0.25, 0.3) is 0 Å². The van der Waals surface area contributed by atoms with Crippen molar-refractivity contribution in [1.82, 2.24) is 9.97 Å². The topological polar surface area (TPSA) is 70.5 Å². The standard InChI is InChI=1S/C9H15N2O4P/c1-4-14-16(12,15-5-2)8-6-10-9(13-3)11-7-8/h6-7H,4-5H2,1-3H3. The maximum absolute atomic E-state index is 12.2. The van der Waals surface area contributed by atoms with E-state index in [9.17, 15) is 4.57 Å². The van der Waals surface area contributed by atoms with E-state index in [4.69, 9.17) is 13.8 Å². The fourth-order valence-electron chi connectivity index (χ4n) is 1.08. The Balaban J connectivity index is 2.96. The molecule has 0 bridgehead atoms. The second kappa shape index (κ2) is 5.94. The Kier molecular flexibility index (Phi) is 4.86. The number of hydrogen-bond acceptors (Lipinski definition) is 6. The van der Waals surface area contributed by atoms with Crippen LogP contribution in [0.1, 0.15) is 13.8 Å². The van der Waals surface area contributed by atoms with Gasteiger partial charge in [-0.3, -0.25) is 4.57 Å². The number of hydrogen-bond donors (Lipinski definition) is 0. The number of aromatic nitrogens is 2. The van der Waals surface area contributed by atoms with Crippen LogP contribution in [0.15, 0.2) is 12.4 Å². The Morgan fingerprint density at radius 2 is 1.69 bits per heavy atom. The SMILES string of the molecule is CCOP(=O)(OCC)c1cnc(OC)nc1. The van der Waals surface area contributed by atoms with Gasteiger partial charge in [-0.2, -0.15) is 0 Å². The number of methoxy groups -OCH3 is 1. The third kappa shape index (κ3) is 3.01. The summed E-state index contributed by atoms with van der Waals surface area (Å²) in [5, 5.41) is 0.331. The minimum absolute atomic E-state index is 0.211. The highest BCUT2D eigenvalue weighted by molar-refractivity contribution is 7.62. The van der Waals surface area contributed by atoms with Crippen molar-refractivity contribution in [2.45, 2.75) is 13.8 Å². The predicted octanol–water partition coefficient (Wildman–Crippen LogP) is 1.38. The van der Waals surface area contributed by atoms with E-state index < -0.39 is 7.60 Å². The van der Waals surface area contributed by atoms with Gasteiger partial charge in [-0.25, -0.2) is 9.97 Å². The fraction of sp³-hybridized carbons (Fsp3) is 0.556. The summed E-state index contributed by atoms with van der Waals surface area (Å²) in [4.78, 5) is 7.72. The van der Waals surface area contributed by atoms with E-state index in [0.717, 1.165) is 0 Å². The normalized spacial score (nSPS) is 11.4. The molecule has 0 saturated heterocycles. The van der Waals surface area contributed by atoms with Crippen LogP contribution in [-0.4, -0.2) is 30.3 Å². The summed E-state index contributed by atoms with van der Waals surface area (Å²) < 4.78 is 27.3. The predicted molar refractivity (Wildman–Crippen MR) is 59.1 cm³/mol. The van der Waals surface area contributed by atoms with Crippen molar-refractivity contribution in [2.75, 3.05) is 20.3 Å². The summed E-state index contributed by atoms with van der Waals surface area (Å²) in [5.41, 5.74) is 0. The van der Waals surface area contributed by atoms with Gasteiger partial charge in [0, 0.05) is 12.4 Å². The Hall–Kier alpha value is -0.970. The maximum atomic E-state index is 12.2. The molecule has 0 amide bonds. The van der Waals surface area contributed by atoms with Crippen LogP contribution in [0.3, 0.4) is 0 Å². The van der Waals surface area contributed by atoms with Crippen molar-refractivity contribution < 1.29 is 18.3 Å². The highest BCUT2D eigenvalue weighted by Gasteiger charge is 2.27. The molecule has 1 aromatic heterocycles. The smallest absolute Gasteiger partial charge is 0.364 e. The second-order valence-corrected chi connectivity index (χ2v) is 4.79. The second-order valence-electron chi connectivity index (χ2n) is 2.76. The maximum Gasteiger partial charge on any atom is 0.364 e. The Labute approximate surface area is 94.5 Å². The quantitative estimate of drug-likeness (QED) is 0.706. The van der Waals surface area contributed by atoms with E-state index in [1.807, 2.05) is 0 Å². The van der Waals surface area contributed by atoms with Crippen LogP contribution < -0.4 is 10.0 Å².